The maximum absolute atomic E-state index is 11.4. The molecule has 0 radical (unpaired) electrons. The highest BCUT2D eigenvalue weighted by molar-refractivity contribution is 5.91. The second-order valence-electron chi connectivity index (χ2n) is 3.72. The Balaban J connectivity index is 2.78. The number of nitrogens with two attached hydrogens (primary N) is 1. The Kier molecular flexibility index (Phi) is 4.57. The van der Waals surface area contributed by atoms with Crippen LogP contribution in [0.15, 0.2) is 30.4 Å². The van der Waals surface area contributed by atoms with E-state index < -0.39 is 0 Å². The molecule has 0 unspecified atom stereocenters. The Labute approximate surface area is 101 Å². The molecule has 92 valence electrons. The smallest absolute Gasteiger partial charge is 0.338 e. The lowest BCUT2D eigenvalue weighted by atomic mass is 10.2. The van der Waals surface area contributed by atoms with Gasteiger partial charge in [0.05, 0.1) is 17.9 Å². The molecule has 4 nitrogen and oxygen atoms in total. The number of carbonyl (C=O) groups is 1. The molecule has 0 bridgehead atoms. The van der Waals surface area contributed by atoms with Gasteiger partial charge in [0.25, 0.3) is 0 Å². The first kappa shape index (κ1) is 13.1. The summed E-state index contributed by atoms with van der Waals surface area (Å²) >= 11 is 0. The van der Waals surface area contributed by atoms with Crippen LogP contribution in [0.25, 0.3) is 0 Å². The molecule has 0 saturated carbocycles. The SMILES string of the molecule is C=C(C)COc1ccc(C(=O)OCC)cc1N. The Bertz CT molecular complexity index is 427. The van der Waals surface area contributed by atoms with Gasteiger partial charge in [-0.1, -0.05) is 6.58 Å². The third kappa shape index (κ3) is 3.83. The molecule has 17 heavy (non-hydrogen) atoms. The average molecular weight is 235 g/mol. The predicted octanol–water partition coefficient (Wildman–Crippen LogP) is 2.40. The van der Waals surface area contributed by atoms with Gasteiger partial charge >= 0.3 is 5.97 Å². The van der Waals surface area contributed by atoms with E-state index in [1.54, 1.807) is 25.1 Å². The fourth-order valence-electron chi connectivity index (χ4n) is 1.22. The number of carbonyl (C=O) groups excluding carboxylic acids is 1. The van der Waals surface area contributed by atoms with Crippen molar-refractivity contribution in [2.75, 3.05) is 18.9 Å². The predicted molar refractivity (Wildman–Crippen MR) is 67.1 cm³/mol. The molecule has 0 aliphatic rings. The first-order chi connectivity index (χ1) is 8.04. The maximum Gasteiger partial charge on any atom is 0.338 e. The van der Waals surface area contributed by atoms with Crippen molar-refractivity contribution >= 4 is 11.7 Å². The molecular formula is C13H17NO3. The van der Waals surface area contributed by atoms with Gasteiger partial charge in [-0.15, -0.1) is 0 Å². The van der Waals surface area contributed by atoms with E-state index in [2.05, 4.69) is 6.58 Å². The van der Waals surface area contributed by atoms with Gasteiger partial charge in [0.2, 0.25) is 0 Å². The number of esters is 1. The summed E-state index contributed by atoms with van der Waals surface area (Å²) in [4.78, 5) is 11.4. The summed E-state index contributed by atoms with van der Waals surface area (Å²) < 4.78 is 10.3. The molecular weight excluding hydrogens is 218 g/mol. The highest BCUT2D eigenvalue weighted by Gasteiger charge is 2.09. The quantitative estimate of drug-likeness (QED) is 0.483. The zero-order valence-electron chi connectivity index (χ0n) is 10.2. The Morgan fingerprint density at radius 1 is 1.47 bits per heavy atom. The summed E-state index contributed by atoms with van der Waals surface area (Å²) in [6.07, 6.45) is 0. The van der Waals surface area contributed by atoms with E-state index in [0.29, 0.717) is 30.2 Å². The number of nitrogen functional groups attached to an aromatic ring is 1. The number of benzene rings is 1. The standard InChI is InChI=1S/C13H17NO3/c1-4-16-13(15)10-5-6-12(11(14)7-10)17-8-9(2)3/h5-7H,2,4,8,14H2,1,3H3. The van der Waals surface area contributed by atoms with Gasteiger partial charge in [0.1, 0.15) is 12.4 Å². The van der Waals surface area contributed by atoms with Crippen LogP contribution in [-0.4, -0.2) is 19.2 Å². The van der Waals surface area contributed by atoms with E-state index in [4.69, 9.17) is 15.2 Å². The van der Waals surface area contributed by atoms with Crippen molar-refractivity contribution in [3.05, 3.63) is 35.9 Å². The minimum Gasteiger partial charge on any atom is -0.487 e. The van der Waals surface area contributed by atoms with E-state index in [0.717, 1.165) is 5.57 Å². The van der Waals surface area contributed by atoms with Gasteiger partial charge in [0.15, 0.2) is 0 Å². The van der Waals surface area contributed by atoms with Crippen LogP contribution in [0.2, 0.25) is 0 Å². The van der Waals surface area contributed by atoms with Gasteiger partial charge in [0, 0.05) is 0 Å². The van der Waals surface area contributed by atoms with Crippen molar-refractivity contribution in [1.82, 2.24) is 0 Å². The van der Waals surface area contributed by atoms with Crippen LogP contribution < -0.4 is 10.5 Å². The topological polar surface area (TPSA) is 61.5 Å². The van der Waals surface area contributed by atoms with Gasteiger partial charge in [-0.2, -0.15) is 0 Å². The molecule has 4 heteroatoms. The van der Waals surface area contributed by atoms with E-state index in [1.165, 1.54) is 0 Å². The van der Waals surface area contributed by atoms with E-state index in [9.17, 15) is 4.79 Å². The maximum atomic E-state index is 11.4. The van der Waals surface area contributed by atoms with Crippen molar-refractivity contribution in [1.29, 1.82) is 0 Å². The number of ether oxygens (including phenoxy) is 2. The van der Waals surface area contributed by atoms with Gasteiger partial charge < -0.3 is 15.2 Å². The van der Waals surface area contributed by atoms with Crippen LogP contribution in [0.4, 0.5) is 5.69 Å². The Morgan fingerprint density at radius 3 is 2.71 bits per heavy atom. The normalized spacial score (nSPS) is 9.76. The van der Waals surface area contributed by atoms with Crippen molar-refractivity contribution in [2.24, 2.45) is 0 Å². The minimum absolute atomic E-state index is 0.340. The largest absolute Gasteiger partial charge is 0.487 e. The first-order valence-electron chi connectivity index (χ1n) is 5.38. The molecule has 1 aromatic rings. The molecule has 2 N–H and O–H groups in total. The second kappa shape index (κ2) is 5.94. The minimum atomic E-state index is -0.384. The zero-order valence-corrected chi connectivity index (χ0v) is 10.2. The molecule has 0 heterocycles. The molecule has 0 amide bonds. The van der Waals surface area contributed by atoms with Crippen LogP contribution >= 0.6 is 0 Å². The first-order valence-corrected chi connectivity index (χ1v) is 5.38. The van der Waals surface area contributed by atoms with Crippen LogP contribution in [0, 0.1) is 0 Å². The van der Waals surface area contributed by atoms with Crippen LogP contribution in [-0.2, 0) is 4.74 Å². The van der Waals surface area contributed by atoms with Crippen molar-refractivity contribution < 1.29 is 14.3 Å². The summed E-state index contributed by atoms with van der Waals surface area (Å²) in [6.45, 7) is 8.10. The third-order valence-corrected chi connectivity index (χ3v) is 1.99. The van der Waals surface area contributed by atoms with Crippen LogP contribution in [0.3, 0.4) is 0 Å². The van der Waals surface area contributed by atoms with Crippen molar-refractivity contribution in [3.8, 4) is 5.75 Å². The van der Waals surface area contributed by atoms with Crippen LogP contribution in [0.5, 0.6) is 5.75 Å². The number of hydrogen-bond donors (Lipinski definition) is 1. The molecule has 0 aliphatic heterocycles. The third-order valence-electron chi connectivity index (χ3n) is 1.99. The summed E-state index contributed by atoms with van der Waals surface area (Å²) in [5.41, 5.74) is 7.52. The Morgan fingerprint density at radius 2 is 2.18 bits per heavy atom. The van der Waals surface area contributed by atoms with Crippen molar-refractivity contribution in [3.63, 3.8) is 0 Å². The van der Waals surface area contributed by atoms with Gasteiger partial charge in [-0.25, -0.2) is 4.79 Å². The molecule has 1 aromatic carbocycles. The fraction of sp³-hybridized carbons (Fsp3) is 0.308. The zero-order chi connectivity index (χ0) is 12.8. The summed E-state index contributed by atoms with van der Waals surface area (Å²) in [7, 11) is 0. The highest BCUT2D eigenvalue weighted by Crippen LogP contribution is 2.23. The fourth-order valence-corrected chi connectivity index (χ4v) is 1.22. The molecule has 0 atom stereocenters. The van der Waals surface area contributed by atoms with Crippen LogP contribution in [0.1, 0.15) is 24.2 Å². The number of rotatable bonds is 5. The number of hydrogen-bond acceptors (Lipinski definition) is 4. The lowest BCUT2D eigenvalue weighted by molar-refractivity contribution is 0.0526. The lowest BCUT2D eigenvalue weighted by Gasteiger charge is -2.09. The average Bonchev–Trinajstić information content (AvgIpc) is 2.27. The van der Waals surface area contributed by atoms with Gasteiger partial charge in [-0.05, 0) is 37.6 Å². The van der Waals surface area contributed by atoms with E-state index in [1.807, 2.05) is 6.92 Å². The summed E-state index contributed by atoms with van der Waals surface area (Å²) in [6, 6.07) is 4.83. The van der Waals surface area contributed by atoms with Gasteiger partial charge in [-0.3, -0.25) is 0 Å². The molecule has 0 fully saturated rings. The molecule has 0 spiro atoms. The lowest BCUT2D eigenvalue weighted by Crippen LogP contribution is -2.06. The van der Waals surface area contributed by atoms with Crippen molar-refractivity contribution in [2.45, 2.75) is 13.8 Å². The summed E-state index contributed by atoms with van der Waals surface area (Å²) in [5, 5.41) is 0. The molecule has 1 rings (SSSR count). The Hall–Kier alpha value is -1.97. The van der Waals surface area contributed by atoms with E-state index >= 15 is 0 Å². The molecule has 0 aromatic heterocycles. The number of anilines is 1. The monoisotopic (exact) mass is 235 g/mol. The second-order valence-corrected chi connectivity index (χ2v) is 3.72. The summed E-state index contributed by atoms with van der Waals surface area (Å²) in [5.74, 6) is 0.159. The highest BCUT2D eigenvalue weighted by atomic mass is 16.5. The van der Waals surface area contributed by atoms with E-state index in [-0.39, 0.29) is 5.97 Å². The molecule has 0 aliphatic carbocycles. The molecule has 0 saturated heterocycles.